The molecule has 0 saturated heterocycles. The average Bonchev–Trinajstić information content (AvgIpc) is 3.23. The highest BCUT2D eigenvalue weighted by Crippen LogP contribution is 2.39. The van der Waals surface area contributed by atoms with Gasteiger partial charge in [-0.3, -0.25) is 4.98 Å². The molecule has 0 atom stereocenters. The molecule has 0 aliphatic carbocycles. The molecule has 0 amide bonds. The maximum absolute atomic E-state index is 5.15. The van der Waals surface area contributed by atoms with Gasteiger partial charge in [-0.15, -0.1) is 0 Å². The van der Waals surface area contributed by atoms with Crippen molar-refractivity contribution in [3.8, 4) is 56.4 Å². The number of benzene rings is 8. The smallest absolute Gasteiger partial charge is 0.164 e. The third kappa shape index (κ3) is 5.26. The first-order valence-electron chi connectivity index (χ1n) is 17.5. The molecular weight excluding hydrogens is 633 g/mol. The molecule has 10 aromatic rings. The first-order valence-corrected chi connectivity index (χ1v) is 17.5. The van der Waals surface area contributed by atoms with Crippen molar-refractivity contribution in [2.24, 2.45) is 0 Å². The summed E-state index contributed by atoms with van der Waals surface area (Å²) in [5.74, 6) is 1.89. The molecule has 8 aromatic carbocycles. The lowest BCUT2D eigenvalue weighted by Gasteiger charge is -2.14. The molecule has 52 heavy (non-hydrogen) atoms. The van der Waals surface area contributed by atoms with Gasteiger partial charge in [0.15, 0.2) is 17.5 Å². The van der Waals surface area contributed by atoms with Gasteiger partial charge in [-0.05, 0) is 84.9 Å². The van der Waals surface area contributed by atoms with Gasteiger partial charge in [0.1, 0.15) is 0 Å². The van der Waals surface area contributed by atoms with Crippen LogP contribution in [0.1, 0.15) is 0 Å². The quantitative estimate of drug-likeness (QED) is 0.172. The van der Waals surface area contributed by atoms with Crippen molar-refractivity contribution in [2.45, 2.75) is 0 Å². The molecule has 2 heterocycles. The summed E-state index contributed by atoms with van der Waals surface area (Å²) in [5, 5.41) is 8.26. The van der Waals surface area contributed by atoms with E-state index >= 15 is 0 Å². The summed E-state index contributed by atoms with van der Waals surface area (Å²) < 4.78 is 0. The zero-order chi connectivity index (χ0) is 34.4. The first-order chi connectivity index (χ1) is 25.7. The van der Waals surface area contributed by atoms with Crippen molar-refractivity contribution in [2.75, 3.05) is 0 Å². The van der Waals surface area contributed by atoms with E-state index < -0.39 is 0 Å². The van der Waals surface area contributed by atoms with Crippen LogP contribution in [0.5, 0.6) is 0 Å². The predicted molar refractivity (Wildman–Crippen MR) is 215 cm³/mol. The Hall–Kier alpha value is -7.04. The predicted octanol–water partition coefficient (Wildman–Crippen LogP) is 12.2. The third-order valence-corrected chi connectivity index (χ3v) is 9.91. The Morgan fingerprint density at radius 3 is 1.65 bits per heavy atom. The van der Waals surface area contributed by atoms with E-state index in [0.717, 1.165) is 55.2 Å². The molecule has 0 saturated carbocycles. The molecule has 4 heteroatoms. The molecule has 0 aliphatic heterocycles. The highest BCUT2D eigenvalue weighted by molar-refractivity contribution is 6.23. The van der Waals surface area contributed by atoms with Crippen molar-refractivity contribution in [3.05, 3.63) is 182 Å². The molecule has 4 nitrogen and oxygen atoms in total. The van der Waals surface area contributed by atoms with Crippen LogP contribution in [0.4, 0.5) is 0 Å². The highest BCUT2D eigenvalue weighted by atomic mass is 15.0. The molecule has 0 N–H and O–H groups in total. The maximum Gasteiger partial charge on any atom is 0.164 e. The first kappa shape index (κ1) is 29.8. The Morgan fingerprint density at radius 2 is 0.865 bits per heavy atom. The van der Waals surface area contributed by atoms with Gasteiger partial charge in [0, 0.05) is 28.3 Å². The van der Waals surface area contributed by atoms with Crippen LogP contribution in [-0.4, -0.2) is 19.9 Å². The van der Waals surface area contributed by atoms with Gasteiger partial charge >= 0.3 is 0 Å². The normalized spacial score (nSPS) is 11.5. The standard InChI is InChI=1S/C48H30N4/c1-2-10-31(11-3-1)36-15-6-17-38(28-36)46-50-47(52-48(51-46)40-24-21-32-12-4-5-13-35(32)29-40)39-18-7-16-37(30-39)41-19-8-14-33-22-23-34-25-26-43-42(20-9-27-49-43)45(34)44(33)41/h1-30H. The van der Waals surface area contributed by atoms with Crippen molar-refractivity contribution in [1.82, 2.24) is 19.9 Å². The number of rotatable bonds is 5. The van der Waals surface area contributed by atoms with Crippen molar-refractivity contribution < 1.29 is 0 Å². The van der Waals surface area contributed by atoms with Gasteiger partial charge in [0.2, 0.25) is 0 Å². The van der Waals surface area contributed by atoms with Gasteiger partial charge < -0.3 is 0 Å². The molecule has 0 aliphatic rings. The maximum atomic E-state index is 5.15. The van der Waals surface area contributed by atoms with E-state index in [1.165, 1.54) is 26.9 Å². The minimum absolute atomic E-state index is 0.625. The van der Waals surface area contributed by atoms with Crippen LogP contribution >= 0.6 is 0 Å². The minimum atomic E-state index is 0.625. The lowest BCUT2D eigenvalue weighted by Crippen LogP contribution is -2.00. The summed E-state index contributed by atoms with van der Waals surface area (Å²) in [6.45, 7) is 0. The monoisotopic (exact) mass is 662 g/mol. The number of aromatic nitrogens is 4. The second-order valence-electron chi connectivity index (χ2n) is 13.1. The van der Waals surface area contributed by atoms with Gasteiger partial charge in [0.05, 0.1) is 5.52 Å². The van der Waals surface area contributed by atoms with E-state index in [4.69, 9.17) is 15.0 Å². The van der Waals surface area contributed by atoms with E-state index in [9.17, 15) is 0 Å². The van der Waals surface area contributed by atoms with E-state index in [-0.39, 0.29) is 0 Å². The zero-order valence-electron chi connectivity index (χ0n) is 28.1. The van der Waals surface area contributed by atoms with Crippen molar-refractivity contribution in [3.63, 3.8) is 0 Å². The molecule has 0 bridgehead atoms. The van der Waals surface area contributed by atoms with Gasteiger partial charge in [-0.1, -0.05) is 146 Å². The molecule has 0 spiro atoms. The summed E-state index contributed by atoms with van der Waals surface area (Å²) >= 11 is 0. The Kier molecular flexibility index (Phi) is 7.10. The van der Waals surface area contributed by atoms with Crippen molar-refractivity contribution >= 4 is 43.2 Å². The molecule has 0 unspecified atom stereocenters. The van der Waals surface area contributed by atoms with E-state index in [1.807, 2.05) is 18.3 Å². The zero-order valence-corrected chi connectivity index (χ0v) is 28.1. The van der Waals surface area contributed by atoms with E-state index in [1.54, 1.807) is 0 Å². The van der Waals surface area contributed by atoms with Crippen LogP contribution in [0.3, 0.4) is 0 Å². The molecule has 0 radical (unpaired) electrons. The largest absolute Gasteiger partial charge is 0.256 e. The van der Waals surface area contributed by atoms with Crippen LogP contribution in [0.15, 0.2) is 182 Å². The summed E-state index contributed by atoms with van der Waals surface area (Å²) in [6, 6.07) is 61.6. The third-order valence-electron chi connectivity index (χ3n) is 9.91. The molecule has 10 rings (SSSR count). The average molecular weight is 663 g/mol. The molecule has 0 fully saturated rings. The minimum Gasteiger partial charge on any atom is -0.256 e. The number of pyridine rings is 1. The second-order valence-corrected chi connectivity index (χ2v) is 13.1. The summed E-state index contributed by atoms with van der Waals surface area (Å²) in [5.41, 5.74) is 8.29. The fourth-order valence-electron chi connectivity index (χ4n) is 7.38. The molecule has 242 valence electrons. The van der Waals surface area contributed by atoms with Crippen molar-refractivity contribution in [1.29, 1.82) is 0 Å². The van der Waals surface area contributed by atoms with Crippen LogP contribution < -0.4 is 0 Å². The Balaban J connectivity index is 1.17. The Labute approximate surface area is 300 Å². The lowest BCUT2D eigenvalue weighted by atomic mass is 9.91. The number of hydrogen-bond donors (Lipinski definition) is 0. The van der Waals surface area contributed by atoms with E-state index in [0.29, 0.717) is 17.5 Å². The van der Waals surface area contributed by atoms with Crippen LogP contribution in [0.2, 0.25) is 0 Å². The number of fused-ring (bicyclic) bond motifs is 6. The number of nitrogens with zero attached hydrogens (tertiary/aromatic N) is 4. The lowest BCUT2D eigenvalue weighted by molar-refractivity contribution is 1.07. The topological polar surface area (TPSA) is 51.6 Å². The highest BCUT2D eigenvalue weighted by Gasteiger charge is 2.16. The Bertz CT molecular complexity index is 2960. The van der Waals surface area contributed by atoms with Crippen LogP contribution in [-0.2, 0) is 0 Å². The summed E-state index contributed by atoms with van der Waals surface area (Å²) in [7, 11) is 0. The molecular formula is C48H30N4. The van der Waals surface area contributed by atoms with E-state index in [2.05, 4.69) is 169 Å². The van der Waals surface area contributed by atoms with Gasteiger partial charge in [0.25, 0.3) is 0 Å². The fourth-order valence-corrected chi connectivity index (χ4v) is 7.38. The van der Waals surface area contributed by atoms with Gasteiger partial charge in [-0.2, -0.15) is 0 Å². The van der Waals surface area contributed by atoms with Crippen LogP contribution in [0.25, 0.3) is 99.6 Å². The van der Waals surface area contributed by atoms with Gasteiger partial charge in [-0.25, -0.2) is 15.0 Å². The summed E-state index contributed by atoms with van der Waals surface area (Å²) in [6.07, 6.45) is 1.86. The summed E-state index contributed by atoms with van der Waals surface area (Å²) in [4.78, 5) is 20.1. The fraction of sp³-hybridized carbons (Fsp3) is 0. The van der Waals surface area contributed by atoms with Crippen LogP contribution in [0, 0.1) is 0 Å². The Morgan fingerprint density at radius 1 is 0.308 bits per heavy atom. The second kappa shape index (κ2) is 12.4. The number of hydrogen-bond acceptors (Lipinski definition) is 4. The SMILES string of the molecule is c1ccc(-c2cccc(-c3nc(-c4cccc(-c5cccc6ccc7ccc8ncccc8c7c56)c4)nc(-c4ccc5ccccc5c4)n3)c2)cc1. The molecule has 2 aromatic heterocycles.